The summed E-state index contributed by atoms with van der Waals surface area (Å²) in [5, 5.41) is 4.09. The highest BCUT2D eigenvalue weighted by atomic mass is 35.5. The van der Waals surface area contributed by atoms with Gasteiger partial charge in [-0.2, -0.15) is 0 Å². The Balaban J connectivity index is 2.33. The molecule has 0 saturated heterocycles. The van der Waals surface area contributed by atoms with Crippen LogP contribution < -0.4 is 5.32 Å². The molecular weight excluding hydrogens is 222 g/mol. The van der Waals surface area contributed by atoms with Crippen molar-refractivity contribution in [3.8, 4) is 0 Å². The maximum Gasteiger partial charge on any atom is 0.140 e. The van der Waals surface area contributed by atoms with Crippen molar-refractivity contribution in [3.63, 3.8) is 0 Å². The Bertz CT molecular complexity index is 502. The monoisotopic (exact) mass is 237 g/mol. The number of nitrogens with one attached hydrogen (secondary N) is 1. The molecule has 0 saturated carbocycles. The van der Waals surface area contributed by atoms with Crippen molar-refractivity contribution >= 4 is 17.2 Å². The standard InChI is InChI=1S/C12H16ClN3/c1-8(2)14-5-11-7-16-6-10(13)4-9(3)12(16)15-11/h4,6-8,14H,5H2,1-3H3. The van der Waals surface area contributed by atoms with E-state index >= 15 is 0 Å². The fourth-order valence-electron chi connectivity index (χ4n) is 1.67. The molecule has 2 rings (SSSR count). The van der Waals surface area contributed by atoms with Gasteiger partial charge in [-0.3, -0.25) is 0 Å². The van der Waals surface area contributed by atoms with E-state index in [0.29, 0.717) is 6.04 Å². The topological polar surface area (TPSA) is 29.3 Å². The van der Waals surface area contributed by atoms with Crippen molar-refractivity contribution in [3.05, 3.63) is 34.7 Å². The zero-order valence-corrected chi connectivity index (χ0v) is 10.5. The summed E-state index contributed by atoms with van der Waals surface area (Å²) in [5.74, 6) is 0. The average Bonchev–Trinajstić information content (AvgIpc) is 2.57. The molecule has 0 spiro atoms. The first-order chi connectivity index (χ1) is 7.56. The number of pyridine rings is 1. The zero-order valence-electron chi connectivity index (χ0n) is 9.79. The lowest BCUT2D eigenvalue weighted by Gasteiger charge is -2.04. The first kappa shape index (κ1) is 11.4. The largest absolute Gasteiger partial charge is 0.309 e. The van der Waals surface area contributed by atoms with E-state index < -0.39 is 0 Å². The number of halogens is 1. The van der Waals surface area contributed by atoms with Crippen molar-refractivity contribution in [2.24, 2.45) is 0 Å². The molecule has 2 aromatic rings. The smallest absolute Gasteiger partial charge is 0.140 e. The summed E-state index contributed by atoms with van der Waals surface area (Å²) < 4.78 is 1.98. The molecule has 0 aliphatic carbocycles. The predicted octanol–water partition coefficient (Wildman–Crippen LogP) is 2.79. The van der Waals surface area contributed by atoms with E-state index in [1.54, 1.807) is 0 Å². The van der Waals surface area contributed by atoms with Crippen LogP contribution >= 0.6 is 11.6 Å². The molecule has 0 unspecified atom stereocenters. The summed E-state index contributed by atoms with van der Waals surface area (Å²) in [6.07, 6.45) is 3.90. The summed E-state index contributed by atoms with van der Waals surface area (Å²) in [6.45, 7) is 7.06. The van der Waals surface area contributed by atoms with Gasteiger partial charge in [-0.15, -0.1) is 0 Å². The lowest BCUT2D eigenvalue weighted by molar-refractivity contribution is 0.583. The number of hydrogen-bond acceptors (Lipinski definition) is 2. The second kappa shape index (κ2) is 4.44. The summed E-state index contributed by atoms with van der Waals surface area (Å²) in [7, 11) is 0. The van der Waals surface area contributed by atoms with Gasteiger partial charge in [-0.1, -0.05) is 25.4 Å². The SMILES string of the molecule is Cc1cc(Cl)cn2cc(CNC(C)C)nc12. The highest BCUT2D eigenvalue weighted by Crippen LogP contribution is 2.16. The van der Waals surface area contributed by atoms with E-state index in [1.807, 2.05) is 29.8 Å². The van der Waals surface area contributed by atoms with E-state index in [2.05, 4.69) is 24.1 Å². The molecule has 0 fully saturated rings. The lowest BCUT2D eigenvalue weighted by Crippen LogP contribution is -2.21. The third-order valence-corrected chi connectivity index (χ3v) is 2.65. The molecule has 0 amide bonds. The predicted molar refractivity (Wildman–Crippen MR) is 66.9 cm³/mol. The molecule has 0 radical (unpaired) electrons. The minimum absolute atomic E-state index is 0.467. The van der Waals surface area contributed by atoms with Crippen LogP contribution in [0, 0.1) is 6.92 Å². The van der Waals surface area contributed by atoms with Crippen LogP contribution in [0.5, 0.6) is 0 Å². The summed E-state index contributed by atoms with van der Waals surface area (Å²) >= 11 is 6.00. The maximum absolute atomic E-state index is 6.00. The Morgan fingerprint density at radius 2 is 2.19 bits per heavy atom. The summed E-state index contributed by atoms with van der Waals surface area (Å²) in [5.41, 5.74) is 3.12. The Morgan fingerprint density at radius 1 is 1.44 bits per heavy atom. The first-order valence-electron chi connectivity index (χ1n) is 5.43. The highest BCUT2D eigenvalue weighted by Gasteiger charge is 2.05. The molecule has 1 N–H and O–H groups in total. The van der Waals surface area contributed by atoms with Gasteiger partial charge in [0.05, 0.1) is 10.7 Å². The molecule has 16 heavy (non-hydrogen) atoms. The number of imidazole rings is 1. The average molecular weight is 238 g/mol. The van der Waals surface area contributed by atoms with Crippen LogP contribution in [-0.4, -0.2) is 15.4 Å². The summed E-state index contributed by atoms with van der Waals surface area (Å²) in [6, 6.07) is 2.40. The van der Waals surface area contributed by atoms with E-state index in [4.69, 9.17) is 11.6 Å². The molecule has 3 nitrogen and oxygen atoms in total. The van der Waals surface area contributed by atoms with Crippen LogP contribution in [-0.2, 0) is 6.54 Å². The van der Waals surface area contributed by atoms with Gasteiger partial charge in [0.25, 0.3) is 0 Å². The number of aryl methyl sites for hydroxylation is 1. The van der Waals surface area contributed by atoms with Crippen molar-refractivity contribution in [1.29, 1.82) is 0 Å². The fourth-order valence-corrected chi connectivity index (χ4v) is 1.94. The van der Waals surface area contributed by atoms with Gasteiger partial charge in [0.15, 0.2) is 0 Å². The molecule has 0 bridgehead atoms. The van der Waals surface area contributed by atoms with Crippen LogP contribution in [0.25, 0.3) is 5.65 Å². The Labute approximate surface area is 100 Å². The molecule has 2 heterocycles. The molecule has 0 aliphatic rings. The second-order valence-electron chi connectivity index (χ2n) is 4.34. The van der Waals surface area contributed by atoms with Gasteiger partial charge in [0.1, 0.15) is 5.65 Å². The fraction of sp³-hybridized carbons (Fsp3) is 0.417. The Kier molecular flexibility index (Phi) is 3.17. The first-order valence-corrected chi connectivity index (χ1v) is 5.81. The molecule has 0 atom stereocenters. The minimum atomic E-state index is 0.467. The van der Waals surface area contributed by atoms with Crippen molar-refractivity contribution in [1.82, 2.24) is 14.7 Å². The molecule has 4 heteroatoms. The van der Waals surface area contributed by atoms with Crippen molar-refractivity contribution < 1.29 is 0 Å². The van der Waals surface area contributed by atoms with Crippen molar-refractivity contribution in [2.75, 3.05) is 0 Å². The van der Waals surface area contributed by atoms with Crippen LogP contribution in [0.1, 0.15) is 25.1 Å². The zero-order chi connectivity index (χ0) is 11.7. The van der Waals surface area contributed by atoms with E-state index in [9.17, 15) is 0 Å². The molecular formula is C12H16ClN3. The van der Waals surface area contributed by atoms with Gasteiger partial charge < -0.3 is 9.72 Å². The van der Waals surface area contributed by atoms with E-state index in [1.165, 1.54) is 0 Å². The third-order valence-electron chi connectivity index (χ3n) is 2.44. The Hall–Kier alpha value is -1.06. The van der Waals surface area contributed by atoms with Gasteiger partial charge in [0, 0.05) is 25.0 Å². The number of hydrogen-bond donors (Lipinski definition) is 1. The molecule has 0 aromatic carbocycles. The summed E-state index contributed by atoms with van der Waals surface area (Å²) in [4.78, 5) is 4.57. The number of rotatable bonds is 3. The molecule has 86 valence electrons. The quantitative estimate of drug-likeness (QED) is 0.890. The van der Waals surface area contributed by atoms with E-state index in [0.717, 1.165) is 28.5 Å². The normalized spacial score (nSPS) is 11.6. The maximum atomic E-state index is 6.00. The van der Waals surface area contributed by atoms with E-state index in [-0.39, 0.29) is 0 Å². The van der Waals surface area contributed by atoms with Crippen molar-refractivity contribution in [2.45, 2.75) is 33.4 Å². The van der Waals surface area contributed by atoms with Gasteiger partial charge in [-0.25, -0.2) is 4.98 Å². The number of aromatic nitrogens is 2. The van der Waals surface area contributed by atoms with Crippen LogP contribution in [0.4, 0.5) is 0 Å². The Morgan fingerprint density at radius 3 is 2.88 bits per heavy atom. The van der Waals surface area contributed by atoms with Crippen LogP contribution in [0.3, 0.4) is 0 Å². The second-order valence-corrected chi connectivity index (χ2v) is 4.78. The minimum Gasteiger partial charge on any atom is -0.309 e. The van der Waals surface area contributed by atoms with Gasteiger partial charge >= 0.3 is 0 Å². The molecule has 0 aliphatic heterocycles. The van der Waals surface area contributed by atoms with Crippen LogP contribution in [0.2, 0.25) is 5.02 Å². The third kappa shape index (κ3) is 2.36. The highest BCUT2D eigenvalue weighted by molar-refractivity contribution is 6.30. The van der Waals surface area contributed by atoms with Crippen LogP contribution in [0.15, 0.2) is 18.5 Å². The lowest BCUT2D eigenvalue weighted by atomic mass is 10.3. The molecule has 2 aromatic heterocycles. The van der Waals surface area contributed by atoms with Gasteiger partial charge in [-0.05, 0) is 18.6 Å². The van der Waals surface area contributed by atoms with Gasteiger partial charge in [0.2, 0.25) is 0 Å². The number of fused-ring (bicyclic) bond motifs is 1. The number of nitrogens with zero attached hydrogens (tertiary/aromatic N) is 2.